The first-order chi connectivity index (χ1) is 8.94. The van der Waals surface area contributed by atoms with Crippen LogP contribution in [-0.4, -0.2) is 35.7 Å². The molecule has 0 aromatic heterocycles. The zero-order valence-corrected chi connectivity index (χ0v) is 11.6. The lowest BCUT2D eigenvalue weighted by Crippen LogP contribution is -2.51. The molecule has 1 heterocycles. The lowest BCUT2D eigenvalue weighted by Gasteiger charge is -2.21. The third-order valence-electron chi connectivity index (χ3n) is 2.99. The summed E-state index contributed by atoms with van der Waals surface area (Å²) in [6.45, 7) is 0.553. The quantitative estimate of drug-likeness (QED) is 0.773. The van der Waals surface area contributed by atoms with Crippen molar-refractivity contribution in [2.24, 2.45) is 5.73 Å². The number of hydrogen-bond acceptors (Lipinski definition) is 4. The number of rotatable bonds is 3. The van der Waals surface area contributed by atoms with E-state index in [4.69, 9.17) is 15.6 Å². The maximum Gasteiger partial charge on any atom is 0.337 e. The molecule has 1 aromatic carbocycles. The fourth-order valence-electron chi connectivity index (χ4n) is 1.83. The molecule has 6 nitrogen and oxygen atoms in total. The lowest BCUT2D eigenvalue weighted by molar-refractivity contribution is -0.121. The van der Waals surface area contributed by atoms with E-state index in [1.165, 1.54) is 6.07 Å². The van der Waals surface area contributed by atoms with Crippen LogP contribution in [0.2, 0.25) is 0 Å². The molecule has 1 aliphatic rings. The van der Waals surface area contributed by atoms with Gasteiger partial charge in [-0.25, -0.2) is 4.79 Å². The summed E-state index contributed by atoms with van der Waals surface area (Å²) in [7, 11) is 0. The van der Waals surface area contributed by atoms with Gasteiger partial charge in [0.05, 0.1) is 17.9 Å². The van der Waals surface area contributed by atoms with Crippen molar-refractivity contribution in [1.82, 2.24) is 0 Å². The van der Waals surface area contributed by atoms with Crippen LogP contribution in [0.1, 0.15) is 16.8 Å². The van der Waals surface area contributed by atoms with E-state index in [0.717, 1.165) is 0 Å². The first-order valence-electron chi connectivity index (χ1n) is 5.64. The van der Waals surface area contributed by atoms with Gasteiger partial charge in [-0.05, 0) is 34.5 Å². The Morgan fingerprint density at radius 2 is 2.21 bits per heavy atom. The molecule has 0 spiro atoms. The molecular weight excluding hydrogens is 316 g/mol. The van der Waals surface area contributed by atoms with Gasteiger partial charge in [0.15, 0.2) is 0 Å². The summed E-state index contributed by atoms with van der Waals surface area (Å²) >= 11 is 3.22. The van der Waals surface area contributed by atoms with E-state index in [0.29, 0.717) is 17.5 Å². The summed E-state index contributed by atoms with van der Waals surface area (Å²) in [6.07, 6.45) is 0.408. The van der Waals surface area contributed by atoms with Crippen LogP contribution in [0.3, 0.4) is 0 Å². The van der Waals surface area contributed by atoms with Crippen LogP contribution in [0, 0.1) is 0 Å². The van der Waals surface area contributed by atoms with E-state index in [1.807, 2.05) is 0 Å². The number of nitrogens with one attached hydrogen (secondary N) is 1. The maximum absolute atomic E-state index is 12.1. The average Bonchev–Trinajstić information content (AvgIpc) is 2.79. The zero-order valence-electron chi connectivity index (χ0n) is 9.98. The first-order valence-corrected chi connectivity index (χ1v) is 6.43. The van der Waals surface area contributed by atoms with Gasteiger partial charge in [0.25, 0.3) is 0 Å². The topological polar surface area (TPSA) is 102 Å². The highest BCUT2D eigenvalue weighted by atomic mass is 79.9. The van der Waals surface area contributed by atoms with Gasteiger partial charge in [0.2, 0.25) is 5.91 Å². The van der Waals surface area contributed by atoms with Crippen LogP contribution in [0.15, 0.2) is 22.7 Å². The Labute approximate surface area is 118 Å². The molecular formula is C12H13BrN2O4. The molecule has 1 atom stereocenters. The molecule has 1 amide bonds. The summed E-state index contributed by atoms with van der Waals surface area (Å²) in [5.41, 5.74) is 5.03. The smallest absolute Gasteiger partial charge is 0.337 e. The molecule has 102 valence electrons. The van der Waals surface area contributed by atoms with Crippen molar-refractivity contribution >= 4 is 33.5 Å². The third-order valence-corrected chi connectivity index (χ3v) is 3.65. The van der Waals surface area contributed by atoms with Crippen molar-refractivity contribution in [3.8, 4) is 0 Å². The number of hydrogen-bond donors (Lipinski definition) is 3. The minimum absolute atomic E-state index is 0.00485. The summed E-state index contributed by atoms with van der Waals surface area (Å²) in [5, 5.41) is 11.7. The van der Waals surface area contributed by atoms with E-state index in [9.17, 15) is 9.59 Å². The molecule has 1 aliphatic heterocycles. The number of anilines is 1. The molecule has 0 radical (unpaired) electrons. The van der Waals surface area contributed by atoms with Crippen LogP contribution in [0.4, 0.5) is 5.69 Å². The molecule has 19 heavy (non-hydrogen) atoms. The van der Waals surface area contributed by atoms with Crippen LogP contribution >= 0.6 is 15.9 Å². The van der Waals surface area contributed by atoms with Crippen molar-refractivity contribution in [1.29, 1.82) is 0 Å². The van der Waals surface area contributed by atoms with Crippen molar-refractivity contribution in [2.75, 3.05) is 18.5 Å². The first kappa shape index (κ1) is 14.0. The van der Waals surface area contributed by atoms with Gasteiger partial charge >= 0.3 is 5.97 Å². The number of nitrogens with two attached hydrogens (primary N) is 1. The normalized spacial score (nSPS) is 22.2. The number of ether oxygens (including phenoxy) is 1. The van der Waals surface area contributed by atoms with Crippen molar-refractivity contribution in [2.45, 2.75) is 12.0 Å². The molecule has 1 fully saturated rings. The summed E-state index contributed by atoms with van der Waals surface area (Å²) in [5.74, 6) is -1.57. The number of halogens is 1. The van der Waals surface area contributed by atoms with E-state index in [-0.39, 0.29) is 17.9 Å². The predicted octanol–water partition coefficient (Wildman–Crippen LogP) is 1.20. The minimum atomic E-state index is -1.12. The highest BCUT2D eigenvalue weighted by Gasteiger charge is 2.38. The van der Waals surface area contributed by atoms with Gasteiger partial charge in [-0.3, -0.25) is 4.79 Å². The fraction of sp³-hybridized carbons (Fsp3) is 0.333. The third kappa shape index (κ3) is 2.78. The van der Waals surface area contributed by atoms with E-state index >= 15 is 0 Å². The Balaban J connectivity index is 2.28. The second-order valence-corrected chi connectivity index (χ2v) is 5.23. The Hall–Kier alpha value is -1.44. The van der Waals surface area contributed by atoms with Crippen molar-refractivity contribution < 1.29 is 19.4 Å². The zero-order chi connectivity index (χ0) is 14.0. The Morgan fingerprint density at radius 1 is 1.47 bits per heavy atom. The van der Waals surface area contributed by atoms with Crippen LogP contribution in [0.5, 0.6) is 0 Å². The SMILES string of the molecule is NC1(C(=O)Nc2c(Br)cccc2C(=O)O)CCOC1. The second kappa shape index (κ2) is 5.28. The Morgan fingerprint density at radius 3 is 2.79 bits per heavy atom. The van der Waals surface area contributed by atoms with Gasteiger partial charge in [-0.2, -0.15) is 0 Å². The summed E-state index contributed by atoms with van der Waals surface area (Å²) in [6, 6.07) is 4.65. The van der Waals surface area contributed by atoms with Gasteiger partial charge < -0.3 is 20.9 Å². The molecule has 2 rings (SSSR count). The van der Waals surface area contributed by atoms with Gasteiger partial charge in [-0.1, -0.05) is 6.07 Å². The largest absolute Gasteiger partial charge is 0.478 e. The fourth-order valence-corrected chi connectivity index (χ4v) is 2.29. The molecule has 7 heteroatoms. The number of carboxylic acids is 1. The predicted molar refractivity (Wildman–Crippen MR) is 72.1 cm³/mol. The van der Waals surface area contributed by atoms with E-state index in [1.54, 1.807) is 12.1 Å². The van der Waals surface area contributed by atoms with Crippen LogP contribution < -0.4 is 11.1 Å². The van der Waals surface area contributed by atoms with Crippen LogP contribution in [0.25, 0.3) is 0 Å². The Kier molecular flexibility index (Phi) is 3.88. The van der Waals surface area contributed by atoms with Crippen LogP contribution in [-0.2, 0) is 9.53 Å². The molecule has 1 unspecified atom stereocenters. The molecule has 0 saturated carbocycles. The standard InChI is InChI=1S/C12H13BrN2O4/c13-8-3-1-2-7(10(16)17)9(8)15-11(18)12(14)4-5-19-6-12/h1-3H,4-6,14H2,(H,15,18)(H,16,17). The monoisotopic (exact) mass is 328 g/mol. The number of carboxylic acid groups (broad SMARTS) is 1. The lowest BCUT2D eigenvalue weighted by atomic mass is 9.99. The highest BCUT2D eigenvalue weighted by molar-refractivity contribution is 9.10. The maximum atomic E-state index is 12.1. The number of carbonyl (C=O) groups is 2. The van der Waals surface area contributed by atoms with Gasteiger partial charge in [0, 0.05) is 11.1 Å². The number of benzene rings is 1. The molecule has 1 aromatic rings. The molecule has 1 saturated heterocycles. The average molecular weight is 329 g/mol. The number of aromatic carboxylic acids is 1. The highest BCUT2D eigenvalue weighted by Crippen LogP contribution is 2.28. The number of carbonyl (C=O) groups excluding carboxylic acids is 1. The van der Waals surface area contributed by atoms with Gasteiger partial charge in [0.1, 0.15) is 5.54 Å². The number of amides is 1. The van der Waals surface area contributed by atoms with Gasteiger partial charge in [-0.15, -0.1) is 0 Å². The Bertz CT molecular complexity index is 526. The molecule has 4 N–H and O–H groups in total. The molecule has 0 bridgehead atoms. The number of para-hydroxylation sites is 1. The summed E-state index contributed by atoms with van der Waals surface area (Å²) < 4.78 is 5.60. The second-order valence-electron chi connectivity index (χ2n) is 4.38. The van der Waals surface area contributed by atoms with E-state index < -0.39 is 17.4 Å². The van der Waals surface area contributed by atoms with E-state index in [2.05, 4.69) is 21.2 Å². The van der Waals surface area contributed by atoms with Crippen molar-refractivity contribution in [3.05, 3.63) is 28.2 Å². The summed E-state index contributed by atoms with van der Waals surface area (Å²) in [4.78, 5) is 23.3. The minimum Gasteiger partial charge on any atom is -0.478 e. The molecule has 0 aliphatic carbocycles. The van der Waals surface area contributed by atoms with Crippen molar-refractivity contribution in [3.63, 3.8) is 0 Å².